The van der Waals surface area contributed by atoms with Crippen molar-refractivity contribution in [2.75, 3.05) is 6.61 Å². The molecule has 0 saturated carbocycles. The van der Waals surface area contributed by atoms with E-state index in [1.54, 1.807) is 18.2 Å². The largest absolute Gasteiger partial charge is 0.463 e. The van der Waals surface area contributed by atoms with E-state index in [2.05, 4.69) is 0 Å². The summed E-state index contributed by atoms with van der Waals surface area (Å²) >= 11 is 1.40. The van der Waals surface area contributed by atoms with E-state index < -0.39 is 54.6 Å². The van der Waals surface area contributed by atoms with Crippen LogP contribution in [0.5, 0.6) is 5.75 Å². The highest BCUT2D eigenvalue weighted by molar-refractivity contribution is 7.17. The van der Waals surface area contributed by atoms with E-state index in [1.807, 2.05) is 5.38 Å². The number of rotatable bonds is 8. The molecule has 0 unspecified atom stereocenters. The molecule has 5 atom stereocenters. The molecule has 1 aliphatic heterocycles. The van der Waals surface area contributed by atoms with E-state index in [4.69, 9.17) is 28.4 Å². The van der Waals surface area contributed by atoms with Crippen LogP contribution in [0.15, 0.2) is 23.6 Å². The molecule has 35 heavy (non-hydrogen) atoms. The van der Waals surface area contributed by atoms with Crippen molar-refractivity contribution in [1.82, 2.24) is 0 Å². The average Bonchev–Trinajstić information content (AvgIpc) is 3.26. The first-order chi connectivity index (χ1) is 16.6. The third-order valence-electron chi connectivity index (χ3n) is 5.02. The average molecular weight is 511 g/mol. The highest BCUT2D eigenvalue weighted by Crippen LogP contribution is 2.36. The van der Waals surface area contributed by atoms with Gasteiger partial charge in [-0.2, -0.15) is 0 Å². The molecule has 190 valence electrons. The van der Waals surface area contributed by atoms with Crippen LogP contribution in [0.25, 0.3) is 10.1 Å². The lowest BCUT2D eigenvalue weighted by Gasteiger charge is -2.44. The molecule has 11 nitrogen and oxygen atoms in total. The molecule has 0 radical (unpaired) electrons. The maximum atomic E-state index is 11.9. The standard InChI is InChI=1S/C23H26O11S/c1-11(25)29-10-18-19(30-12(2)26)20(31-13(3)27)21(32-14(4)28)23(34-18)33-17-6-5-15(9-24)22-16(17)7-8-35-22/h5-8,18-21,23-24H,9-10H2,1-4H3/t18-,19+,20+,21-,23-/m1/s1. The lowest BCUT2D eigenvalue weighted by molar-refractivity contribution is -0.288. The summed E-state index contributed by atoms with van der Waals surface area (Å²) in [5, 5.41) is 12.1. The van der Waals surface area contributed by atoms with Gasteiger partial charge >= 0.3 is 23.9 Å². The molecule has 1 aromatic heterocycles. The number of aliphatic hydroxyl groups is 1. The molecule has 1 saturated heterocycles. The molecular weight excluding hydrogens is 484 g/mol. The number of hydrogen-bond donors (Lipinski definition) is 1. The minimum Gasteiger partial charge on any atom is -0.463 e. The Morgan fingerprint density at radius 1 is 0.886 bits per heavy atom. The summed E-state index contributed by atoms with van der Waals surface area (Å²) in [6, 6.07) is 5.09. The number of carbonyl (C=O) groups is 4. The first kappa shape index (κ1) is 26.4. The van der Waals surface area contributed by atoms with Crippen LogP contribution in [0.3, 0.4) is 0 Å². The fraction of sp³-hybridized carbons (Fsp3) is 0.478. The lowest BCUT2D eigenvalue weighted by atomic mass is 9.98. The van der Waals surface area contributed by atoms with E-state index >= 15 is 0 Å². The van der Waals surface area contributed by atoms with Crippen molar-refractivity contribution in [3.63, 3.8) is 0 Å². The van der Waals surface area contributed by atoms with Gasteiger partial charge in [-0.1, -0.05) is 6.07 Å². The number of fused-ring (bicyclic) bond motifs is 1. The molecule has 2 aromatic rings. The second-order valence-corrected chi connectivity index (χ2v) is 8.65. The summed E-state index contributed by atoms with van der Waals surface area (Å²) < 4.78 is 34.1. The number of esters is 4. The Bertz CT molecular complexity index is 1090. The quantitative estimate of drug-likeness (QED) is 0.410. The maximum Gasteiger partial charge on any atom is 0.303 e. The van der Waals surface area contributed by atoms with Crippen molar-refractivity contribution >= 4 is 45.3 Å². The Morgan fingerprint density at radius 2 is 1.51 bits per heavy atom. The second-order valence-electron chi connectivity index (χ2n) is 7.73. The molecule has 0 bridgehead atoms. The molecule has 0 aliphatic carbocycles. The molecule has 2 heterocycles. The molecule has 0 amide bonds. The first-order valence-corrected chi connectivity index (χ1v) is 11.6. The van der Waals surface area contributed by atoms with Gasteiger partial charge in [0.15, 0.2) is 12.2 Å². The van der Waals surface area contributed by atoms with Crippen molar-refractivity contribution in [2.45, 2.75) is 65.0 Å². The lowest BCUT2D eigenvalue weighted by Crippen LogP contribution is -2.63. The Labute approximate surface area is 204 Å². The van der Waals surface area contributed by atoms with Crippen LogP contribution in [0, 0.1) is 0 Å². The number of aliphatic hydroxyl groups excluding tert-OH is 1. The van der Waals surface area contributed by atoms with Gasteiger partial charge in [-0.05, 0) is 23.1 Å². The smallest absolute Gasteiger partial charge is 0.303 e. The maximum absolute atomic E-state index is 11.9. The van der Waals surface area contributed by atoms with Crippen LogP contribution in [-0.2, 0) is 49.5 Å². The highest BCUT2D eigenvalue weighted by Gasteiger charge is 2.53. The van der Waals surface area contributed by atoms with Gasteiger partial charge in [0, 0.05) is 37.8 Å². The monoisotopic (exact) mass is 510 g/mol. The van der Waals surface area contributed by atoms with Crippen molar-refractivity contribution in [1.29, 1.82) is 0 Å². The Kier molecular flexibility index (Phi) is 8.65. The Morgan fingerprint density at radius 3 is 2.11 bits per heavy atom. The Hall–Kier alpha value is -3.22. The van der Waals surface area contributed by atoms with Crippen molar-refractivity contribution in [2.24, 2.45) is 0 Å². The minimum absolute atomic E-state index is 0.170. The highest BCUT2D eigenvalue weighted by atomic mass is 32.1. The number of carbonyl (C=O) groups excluding carboxylic acids is 4. The van der Waals surface area contributed by atoms with Gasteiger partial charge in [0.1, 0.15) is 18.5 Å². The number of benzene rings is 1. The van der Waals surface area contributed by atoms with Gasteiger partial charge in [-0.25, -0.2) is 0 Å². The molecule has 1 fully saturated rings. The van der Waals surface area contributed by atoms with Crippen LogP contribution >= 0.6 is 11.3 Å². The van der Waals surface area contributed by atoms with E-state index in [1.165, 1.54) is 18.3 Å². The summed E-state index contributed by atoms with van der Waals surface area (Å²) in [6.45, 7) is 4.11. The van der Waals surface area contributed by atoms with E-state index in [0.29, 0.717) is 16.7 Å². The van der Waals surface area contributed by atoms with Crippen molar-refractivity contribution in [3.8, 4) is 5.75 Å². The van der Waals surface area contributed by atoms with Crippen molar-refractivity contribution in [3.05, 3.63) is 29.1 Å². The molecule has 12 heteroatoms. The van der Waals surface area contributed by atoms with Crippen molar-refractivity contribution < 1.29 is 52.7 Å². The number of ether oxygens (including phenoxy) is 6. The normalized spacial score (nSPS) is 23.9. The summed E-state index contributed by atoms with van der Waals surface area (Å²) in [6.07, 6.45) is -6.37. The van der Waals surface area contributed by atoms with Crippen LogP contribution in [-0.4, -0.2) is 66.3 Å². The van der Waals surface area contributed by atoms with Crippen LogP contribution in [0.4, 0.5) is 0 Å². The van der Waals surface area contributed by atoms with E-state index in [9.17, 15) is 24.3 Å². The summed E-state index contributed by atoms with van der Waals surface area (Å²) in [5.74, 6) is -2.44. The predicted molar refractivity (Wildman–Crippen MR) is 120 cm³/mol. The fourth-order valence-electron chi connectivity index (χ4n) is 3.73. The van der Waals surface area contributed by atoms with Gasteiger partial charge < -0.3 is 33.5 Å². The van der Waals surface area contributed by atoms with Crippen LogP contribution in [0.2, 0.25) is 0 Å². The van der Waals surface area contributed by atoms with Crippen LogP contribution < -0.4 is 4.74 Å². The number of thiophene rings is 1. The van der Waals surface area contributed by atoms with Gasteiger partial charge in [0.25, 0.3) is 0 Å². The first-order valence-electron chi connectivity index (χ1n) is 10.7. The zero-order valence-electron chi connectivity index (χ0n) is 19.5. The molecule has 1 aromatic carbocycles. The molecular formula is C23H26O11S. The summed E-state index contributed by atoms with van der Waals surface area (Å²) in [4.78, 5) is 47.1. The van der Waals surface area contributed by atoms with Gasteiger partial charge in [-0.15, -0.1) is 11.3 Å². The molecule has 1 aliphatic rings. The molecule has 1 N–H and O–H groups in total. The third kappa shape index (κ3) is 6.47. The topological polar surface area (TPSA) is 144 Å². The third-order valence-corrected chi connectivity index (χ3v) is 6.01. The molecule has 0 spiro atoms. The predicted octanol–water partition coefficient (Wildman–Crippen LogP) is 1.86. The van der Waals surface area contributed by atoms with Gasteiger partial charge in [0.2, 0.25) is 12.4 Å². The molecule has 3 rings (SSSR count). The fourth-order valence-corrected chi connectivity index (χ4v) is 4.65. The second kappa shape index (κ2) is 11.5. The summed E-state index contributed by atoms with van der Waals surface area (Å²) in [7, 11) is 0. The van der Waals surface area contributed by atoms with E-state index in [0.717, 1.165) is 25.5 Å². The van der Waals surface area contributed by atoms with Gasteiger partial charge in [0.05, 0.1) is 6.61 Å². The minimum atomic E-state index is -1.33. The Balaban J connectivity index is 2.03. The summed E-state index contributed by atoms with van der Waals surface area (Å²) in [5.41, 5.74) is 0.698. The van der Waals surface area contributed by atoms with Crippen LogP contribution in [0.1, 0.15) is 33.3 Å². The van der Waals surface area contributed by atoms with Gasteiger partial charge in [-0.3, -0.25) is 19.2 Å². The number of hydrogen-bond acceptors (Lipinski definition) is 12. The zero-order valence-corrected chi connectivity index (χ0v) is 20.4. The zero-order chi connectivity index (χ0) is 25.7. The van der Waals surface area contributed by atoms with E-state index in [-0.39, 0.29) is 13.2 Å². The SMILES string of the molecule is CC(=O)OC[C@H]1O[C@@H](Oc2ccc(CO)c3sccc23)[C@H](OC(C)=O)[C@@H](OC(C)=O)[C@H]1OC(C)=O.